The van der Waals surface area contributed by atoms with E-state index in [0.29, 0.717) is 16.4 Å². The highest BCUT2D eigenvalue weighted by Crippen LogP contribution is 2.30. The number of likely N-dealkylation sites (tertiary alicyclic amines) is 1. The summed E-state index contributed by atoms with van der Waals surface area (Å²) in [6.45, 7) is 5.62. The molecule has 2 N–H and O–H groups in total. The maximum absolute atomic E-state index is 13.1. The number of piperidine rings is 2. The van der Waals surface area contributed by atoms with E-state index in [1.807, 2.05) is 60.6 Å². The maximum atomic E-state index is 13.1. The van der Waals surface area contributed by atoms with Crippen molar-refractivity contribution >= 4 is 38.7 Å². The molecule has 2 aliphatic rings. The summed E-state index contributed by atoms with van der Waals surface area (Å²) in [7, 11) is 0.616. The molecule has 2 aliphatic heterocycles. The molecule has 0 aliphatic carbocycles. The Morgan fingerprint density at radius 2 is 1.67 bits per heavy atom. The monoisotopic (exact) mass is 630 g/mol. The van der Waals surface area contributed by atoms with Gasteiger partial charge < -0.3 is 20.0 Å². The molecule has 11 nitrogen and oxygen atoms in total. The maximum Gasteiger partial charge on any atom is 0.253 e. The van der Waals surface area contributed by atoms with E-state index in [4.69, 9.17) is 4.98 Å². The number of nitrogens with zero attached hydrogens (tertiary/aromatic N) is 6. The van der Waals surface area contributed by atoms with E-state index in [1.165, 1.54) is 0 Å². The first kappa shape index (κ1) is 31.0. The number of fused-ring (bicyclic) bond motifs is 1. The molecule has 2 aromatic carbocycles. The van der Waals surface area contributed by atoms with Crippen LogP contribution in [0.3, 0.4) is 0 Å². The zero-order valence-electron chi connectivity index (χ0n) is 26.2. The molecule has 2 saturated heterocycles. The zero-order chi connectivity index (χ0) is 31.6. The van der Waals surface area contributed by atoms with Gasteiger partial charge in [0.25, 0.3) is 5.91 Å². The molecule has 6 rings (SSSR count). The second-order valence-electron chi connectivity index (χ2n) is 12.5. The van der Waals surface area contributed by atoms with Gasteiger partial charge in [0.1, 0.15) is 5.88 Å². The first-order chi connectivity index (χ1) is 21.6. The van der Waals surface area contributed by atoms with Gasteiger partial charge in [0.05, 0.1) is 10.6 Å². The third-order valence-electron chi connectivity index (χ3n) is 9.28. The molecule has 4 heterocycles. The number of nitrogens with one attached hydrogen (secondary N) is 2. The minimum atomic E-state index is -3.41. The summed E-state index contributed by atoms with van der Waals surface area (Å²) >= 11 is 0. The van der Waals surface area contributed by atoms with Crippen molar-refractivity contribution in [3.05, 3.63) is 78.5 Å². The first-order valence-corrected chi connectivity index (χ1v) is 17.2. The van der Waals surface area contributed by atoms with E-state index in [2.05, 4.69) is 39.5 Å². The second-order valence-corrected chi connectivity index (χ2v) is 14.5. The van der Waals surface area contributed by atoms with Crippen LogP contribution in [0.15, 0.2) is 77.8 Å². The summed E-state index contributed by atoms with van der Waals surface area (Å²) in [6.07, 6.45) is 5.44. The lowest BCUT2D eigenvalue weighted by Gasteiger charge is -2.41. The molecular formula is C33H42N8O3S. The Morgan fingerprint density at radius 3 is 2.36 bits per heavy atom. The van der Waals surface area contributed by atoms with E-state index in [-0.39, 0.29) is 23.4 Å². The highest BCUT2D eigenvalue weighted by Gasteiger charge is 2.32. The van der Waals surface area contributed by atoms with Crippen molar-refractivity contribution in [2.75, 3.05) is 56.4 Å². The van der Waals surface area contributed by atoms with Crippen molar-refractivity contribution in [3.8, 4) is 0 Å². The van der Waals surface area contributed by atoms with Gasteiger partial charge >= 0.3 is 0 Å². The fourth-order valence-corrected chi connectivity index (χ4v) is 7.44. The number of carbonyl (C=O) groups excluding carboxylic acids is 1. The van der Waals surface area contributed by atoms with Crippen LogP contribution in [0, 0.1) is 0 Å². The Hall–Kier alpha value is -4.00. The fraction of sp³-hybridized carbons (Fsp3) is 0.424. The molecule has 2 aromatic heterocycles. The predicted molar refractivity (Wildman–Crippen MR) is 177 cm³/mol. The fourth-order valence-electron chi connectivity index (χ4n) is 6.17. The lowest BCUT2D eigenvalue weighted by molar-refractivity contribution is 0.0659. The highest BCUT2D eigenvalue weighted by atomic mass is 32.2. The molecular weight excluding hydrogens is 588 g/mol. The number of benzene rings is 2. The number of sulfone groups is 1. The van der Waals surface area contributed by atoms with E-state index in [1.54, 1.807) is 28.8 Å². The molecule has 0 saturated carbocycles. The van der Waals surface area contributed by atoms with Crippen LogP contribution >= 0.6 is 0 Å². The van der Waals surface area contributed by atoms with Crippen LogP contribution < -0.4 is 15.5 Å². The van der Waals surface area contributed by atoms with Crippen LogP contribution in [0.5, 0.6) is 0 Å². The quantitative estimate of drug-likeness (QED) is 0.283. The number of hydrogen-bond acceptors (Lipinski definition) is 9. The Labute approximate surface area is 265 Å². The Balaban J connectivity index is 1.07. The van der Waals surface area contributed by atoms with Crippen LogP contribution in [-0.2, 0) is 9.84 Å². The lowest BCUT2D eigenvalue weighted by atomic mass is 9.90. The summed E-state index contributed by atoms with van der Waals surface area (Å²) in [5, 5.41) is 11.3. The zero-order valence-corrected chi connectivity index (χ0v) is 27.0. The first-order valence-electron chi connectivity index (χ1n) is 15.6. The molecule has 0 spiro atoms. The van der Waals surface area contributed by atoms with E-state index in [0.717, 1.165) is 68.9 Å². The molecule has 2 fully saturated rings. The molecule has 0 atom stereocenters. The normalized spacial score (nSPS) is 17.8. The van der Waals surface area contributed by atoms with Gasteiger partial charge in [-0.2, -0.15) is 4.98 Å². The highest BCUT2D eigenvalue weighted by molar-refractivity contribution is 7.91. The van der Waals surface area contributed by atoms with E-state index < -0.39 is 9.84 Å². The Morgan fingerprint density at radius 1 is 0.978 bits per heavy atom. The smallest absolute Gasteiger partial charge is 0.253 e. The van der Waals surface area contributed by atoms with Crippen molar-refractivity contribution in [1.82, 2.24) is 29.7 Å². The van der Waals surface area contributed by atoms with Gasteiger partial charge in [-0.3, -0.25) is 10.1 Å². The topological polar surface area (TPSA) is 115 Å². The van der Waals surface area contributed by atoms with Crippen molar-refractivity contribution in [2.24, 2.45) is 0 Å². The van der Waals surface area contributed by atoms with Crippen LogP contribution in [0.1, 0.15) is 43.0 Å². The molecule has 1 amide bonds. The number of pyridine rings is 1. The molecule has 45 heavy (non-hydrogen) atoms. The minimum absolute atomic E-state index is 0.0391. The van der Waals surface area contributed by atoms with Crippen LogP contribution in [0.25, 0.3) is 5.65 Å². The van der Waals surface area contributed by atoms with Crippen molar-refractivity contribution < 1.29 is 13.2 Å². The third kappa shape index (κ3) is 6.98. The SMILES string of the molecule is CN1CCC(N(C)C(=O)c2ccc(Nc3nc4c(N5CCC(C)(NCS(=O)(=O)c6ccccc6)CC5)cccn4n3)cc2)CC1. The number of anilines is 3. The third-order valence-corrected chi connectivity index (χ3v) is 10.8. The molecule has 238 valence electrons. The van der Waals surface area contributed by atoms with Crippen molar-refractivity contribution in [1.29, 1.82) is 0 Å². The van der Waals surface area contributed by atoms with Crippen LogP contribution in [0.4, 0.5) is 17.3 Å². The minimum Gasteiger partial charge on any atom is -0.368 e. The largest absolute Gasteiger partial charge is 0.368 e. The molecule has 12 heteroatoms. The Bertz CT molecular complexity index is 1730. The molecule has 4 aromatic rings. The number of rotatable bonds is 9. The van der Waals surface area contributed by atoms with Gasteiger partial charge in [-0.25, -0.2) is 12.9 Å². The van der Waals surface area contributed by atoms with E-state index >= 15 is 0 Å². The van der Waals surface area contributed by atoms with Gasteiger partial charge in [-0.05, 0) is 101 Å². The van der Waals surface area contributed by atoms with Gasteiger partial charge in [-0.1, -0.05) is 18.2 Å². The second kappa shape index (κ2) is 12.8. The van der Waals surface area contributed by atoms with Gasteiger partial charge in [-0.15, -0.1) is 5.10 Å². The molecule has 0 bridgehead atoms. The van der Waals surface area contributed by atoms with Crippen molar-refractivity contribution in [3.63, 3.8) is 0 Å². The number of aromatic nitrogens is 3. The average Bonchev–Trinajstić information content (AvgIpc) is 3.47. The van der Waals surface area contributed by atoms with Gasteiger partial charge in [0, 0.05) is 49.2 Å². The number of amides is 1. The average molecular weight is 631 g/mol. The summed E-state index contributed by atoms with van der Waals surface area (Å²) in [4.78, 5) is 24.7. The molecule has 0 radical (unpaired) electrons. The van der Waals surface area contributed by atoms with Gasteiger partial charge in [0.15, 0.2) is 15.5 Å². The van der Waals surface area contributed by atoms with Crippen LogP contribution in [0.2, 0.25) is 0 Å². The summed E-state index contributed by atoms with van der Waals surface area (Å²) in [5.41, 5.74) is 2.90. The van der Waals surface area contributed by atoms with Crippen molar-refractivity contribution in [2.45, 2.75) is 49.1 Å². The van der Waals surface area contributed by atoms with Crippen LogP contribution in [-0.4, -0.2) is 96.5 Å². The Kier molecular flexibility index (Phi) is 8.80. The standard InChI is InChI=1S/C33H42N8O3S/c1-33(34-24-45(43,44)28-8-5-4-6-9-28)17-22-40(23-18-33)29-10-7-19-41-30(29)36-32(37-41)35-26-13-11-25(12-14-26)31(42)39(3)27-15-20-38(2)21-16-27/h4-14,19,27,34H,15-18,20-24H2,1-3H3,(H,35,37). The predicted octanol–water partition coefficient (Wildman–Crippen LogP) is 4.02. The molecule has 0 unspecified atom stereocenters. The summed E-state index contributed by atoms with van der Waals surface area (Å²) < 4.78 is 27.4. The van der Waals surface area contributed by atoms with E-state index in [9.17, 15) is 13.2 Å². The number of hydrogen-bond donors (Lipinski definition) is 2. The van der Waals surface area contributed by atoms with Gasteiger partial charge in [0.2, 0.25) is 5.95 Å². The number of carbonyl (C=O) groups is 1. The summed E-state index contributed by atoms with van der Waals surface area (Å²) in [5.74, 6) is 0.420. The summed E-state index contributed by atoms with van der Waals surface area (Å²) in [6, 6.07) is 20.3. The lowest BCUT2D eigenvalue weighted by Crippen LogP contribution is -2.52.